The van der Waals surface area contributed by atoms with Crippen LogP contribution in [-0.4, -0.2) is 32.9 Å². The minimum atomic E-state index is 0.630. The Bertz CT molecular complexity index is 696. The van der Waals surface area contributed by atoms with Crippen LogP contribution in [0.3, 0.4) is 0 Å². The van der Waals surface area contributed by atoms with Gasteiger partial charge in [-0.15, -0.1) is 6.58 Å². The second kappa shape index (κ2) is 9.08. The van der Waals surface area contributed by atoms with Crippen molar-refractivity contribution in [2.45, 2.75) is 6.54 Å². The maximum Gasteiger partial charge on any atom is 0.174 e. The third-order valence-corrected chi connectivity index (χ3v) is 4.19. The molecule has 0 heterocycles. The molecule has 0 spiro atoms. The quantitative estimate of drug-likeness (QED) is 0.602. The maximum atomic E-state index is 5.58. The lowest BCUT2D eigenvalue weighted by Crippen LogP contribution is -2.39. The van der Waals surface area contributed by atoms with Crippen LogP contribution in [-0.2, 0) is 6.54 Å². The average Bonchev–Trinajstić information content (AvgIpc) is 2.64. The number of hydrogen-bond acceptors (Lipinski definition) is 3. The maximum absolute atomic E-state index is 5.58. The molecule has 0 aliphatic heterocycles. The molecular weight excluding hydrogens is 330 g/mol. The molecule has 0 aliphatic rings. The van der Waals surface area contributed by atoms with E-state index in [2.05, 4.69) is 46.0 Å². The number of nitrogens with one attached hydrogen (secondary N) is 1. The fourth-order valence-corrected chi connectivity index (χ4v) is 2.63. The highest BCUT2D eigenvalue weighted by Gasteiger charge is 2.13. The van der Waals surface area contributed by atoms with Crippen LogP contribution in [0.15, 0.2) is 61.2 Å². The summed E-state index contributed by atoms with van der Waals surface area (Å²) in [6.45, 7) is 5.05. The number of hydrogen-bond donors (Lipinski definition) is 1. The molecule has 25 heavy (non-hydrogen) atoms. The molecule has 1 N–H and O–H groups in total. The predicted octanol–water partition coefficient (Wildman–Crippen LogP) is 3.83. The number of anilines is 2. The summed E-state index contributed by atoms with van der Waals surface area (Å²) in [6, 6.07) is 16.4. The van der Waals surface area contributed by atoms with E-state index < -0.39 is 0 Å². The van der Waals surface area contributed by atoms with Gasteiger partial charge < -0.3 is 19.9 Å². The number of ether oxygens (including phenoxy) is 1. The predicted molar refractivity (Wildman–Crippen MR) is 111 cm³/mol. The zero-order chi connectivity index (χ0) is 18.2. The van der Waals surface area contributed by atoms with Gasteiger partial charge in [-0.1, -0.05) is 18.2 Å². The third kappa shape index (κ3) is 5.22. The molecule has 0 unspecified atom stereocenters. The number of methoxy groups -OCH3 is 1. The molecule has 4 nitrogen and oxygen atoms in total. The van der Waals surface area contributed by atoms with E-state index in [9.17, 15) is 0 Å². The van der Waals surface area contributed by atoms with E-state index in [0.29, 0.717) is 18.2 Å². The molecule has 132 valence electrons. The highest BCUT2D eigenvalue weighted by atomic mass is 32.1. The molecule has 2 aromatic carbocycles. The van der Waals surface area contributed by atoms with Crippen LogP contribution in [0.4, 0.5) is 11.4 Å². The first-order valence-corrected chi connectivity index (χ1v) is 8.52. The van der Waals surface area contributed by atoms with Crippen molar-refractivity contribution in [3.05, 3.63) is 66.7 Å². The Labute approximate surface area is 155 Å². The summed E-state index contributed by atoms with van der Waals surface area (Å²) >= 11 is 5.58. The van der Waals surface area contributed by atoms with E-state index in [1.165, 1.54) is 11.3 Å². The fourth-order valence-electron chi connectivity index (χ4n) is 2.38. The minimum absolute atomic E-state index is 0.630. The van der Waals surface area contributed by atoms with Gasteiger partial charge in [0, 0.05) is 32.0 Å². The van der Waals surface area contributed by atoms with Gasteiger partial charge in [0.25, 0.3) is 0 Å². The van der Waals surface area contributed by atoms with Crippen LogP contribution in [0.5, 0.6) is 5.75 Å². The van der Waals surface area contributed by atoms with Crippen molar-refractivity contribution in [3.8, 4) is 5.75 Å². The van der Waals surface area contributed by atoms with E-state index >= 15 is 0 Å². The van der Waals surface area contributed by atoms with Crippen LogP contribution in [0, 0.1) is 0 Å². The molecular formula is C20H25N3OS. The number of benzene rings is 2. The Kier molecular flexibility index (Phi) is 6.83. The van der Waals surface area contributed by atoms with Crippen LogP contribution in [0.1, 0.15) is 5.56 Å². The van der Waals surface area contributed by atoms with E-state index in [0.717, 1.165) is 11.4 Å². The highest BCUT2D eigenvalue weighted by molar-refractivity contribution is 7.80. The summed E-state index contributed by atoms with van der Waals surface area (Å²) in [5, 5.41) is 3.88. The monoisotopic (exact) mass is 355 g/mol. The molecule has 5 heteroatoms. The van der Waals surface area contributed by atoms with Gasteiger partial charge >= 0.3 is 0 Å². The zero-order valence-electron chi connectivity index (χ0n) is 15.0. The first-order valence-electron chi connectivity index (χ1n) is 8.11. The van der Waals surface area contributed by atoms with Crippen molar-refractivity contribution in [2.75, 3.05) is 37.5 Å². The summed E-state index contributed by atoms with van der Waals surface area (Å²) in [4.78, 5) is 4.16. The summed E-state index contributed by atoms with van der Waals surface area (Å²) in [6.07, 6.45) is 1.80. The number of rotatable bonds is 7. The van der Waals surface area contributed by atoms with Gasteiger partial charge in [-0.2, -0.15) is 0 Å². The topological polar surface area (TPSA) is 27.7 Å². The summed E-state index contributed by atoms with van der Waals surface area (Å²) in [7, 11) is 5.73. The summed E-state index contributed by atoms with van der Waals surface area (Å²) < 4.78 is 5.24. The molecule has 2 aromatic rings. The molecule has 0 atom stereocenters. The molecule has 0 fully saturated rings. The normalized spacial score (nSPS) is 10.0. The molecule has 0 saturated heterocycles. The third-order valence-electron chi connectivity index (χ3n) is 3.82. The van der Waals surface area contributed by atoms with E-state index in [-0.39, 0.29) is 0 Å². The molecule has 2 rings (SSSR count). The number of nitrogens with zero attached hydrogens (tertiary/aromatic N) is 2. The molecule has 0 saturated carbocycles. The lowest BCUT2D eigenvalue weighted by molar-refractivity contribution is 0.415. The first-order chi connectivity index (χ1) is 12.0. The van der Waals surface area contributed by atoms with Crippen LogP contribution in [0.2, 0.25) is 0 Å². The lowest BCUT2D eigenvalue weighted by Gasteiger charge is -2.26. The van der Waals surface area contributed by atoms with Crippen molar-refractivity contribution < 1.29 is 4.74 Å². The average molecular weight is 356 g/mol. The van der Waals surface area contributed by atoms with Gasteiger partial charge in [-0.05, 0) is 54.2 Å². The van der Waals surface area contributed by atoms with Gasteiger partial charge in [0.05, 0.1) is 13.7 Å². The first kappa shape index (κ1) is 18.8. The standard InChI is InChI=1S/C20H25N3OS/c1-5-14-21-20(25)23(18-10-12-19(24-4)13-11-18)15-16-6-8-17(9-7-16)22(2)3/h5-13H,1,14-15H2,2-4H3,(H,21,25). The Morgan fingerprint density at radius 2 is 1.68 bits per heavy atom. The highest BCUT2D eigenvalue weighted by Crippen LogP contribution is 2.22. The molecule has 0 aromatic heterocycles. The molecule has 0 bridgehead atoms. The largest absolute Gasteiger partial charge is 0.497 e. The fraction of sp³-hybridized carbons (Fsp3) is 0.250. The van der Waals surface area contributed by atoms with Crippen molar-refractivity contribution in [1.29, 1.82) is 0 Å². The second-order valence-electron chi connectivity index (χ2n) is 5.82. The van der Waals surface area contributed by atoms with Crippen LogP contribution in [0.25, 0.3) is 0 Å². The minimum Gasteiger partial charge on any atom is -0.497 e. The van der Waals surface area contributed by atoms with Crippen LogP contribution < -0.4 is 19.9 Å². The van der Waals surface area contributed by atoms with Crippen LogP contribution >= 0.6 is 12.2 Å². The Hall–Kier alpha value is -2.53. The van der Waals surface area contributed by atoms with Gasteiger partial charge in [-0.3, -0.25) is 0 Å². The van der Waals surface area contributed by atoms with Crippen molar-refractivity contribution in [1.82, 2.24) is 5.32 Å². The van der Waals surface area contributed by atoms with E-state index in [4.69, 9.17) is 17.0 Å². The van der Waals surface area contributed by atoms with E-state index in [1.54, 1.807) is 13.2 Å². The van der Waals surface area contributed by atoms with Crippen molar-refractivity contribution in [3.63, 3.8) is 0 Å². The molecule has 0 aliphatic carbocycles. The Morgan fingerprint density at radius 3 is 2.20 bits per heavy atom. The van der Waals surface area contributed by atoms with Crippen molar-refractivity contribution in [2.24, 2.45) is 0 Å². The van der Waals surface area contributed by atoms with Gasteiger partial charge in [0.2, 0.25) is 0 Å². The second-order valence-corrected chi connectivity index (χ2v) is 6.21. The summed E-state index contributed by atoms with van der Waals surface area (Å²) in [5.74, 6) is 0.823. The smallest absolute Gasteiger partial charge is 0.174 e. The molecule has 0 radical (unpaired) electrons. The van der Waals surface area contributed by atoms with Gasteiger partial charge in [0.15, 0.2) is 5.11 Å². The SMILES string of the molecule is C=CCNC(=S)N(Cc1ccc(N(C)C)cc1)c1ccc(OC)cc1. The summed E-state index contributed by atoms with van der Waals surface area (Å²) in [5.41, 5.74) is 3.37. The lowest BCUT2D eigenvalue weighted by atomic mass is 10.1. The van der Waals surface area contributed by atoms with Crippen molar-refractivity contribution >= 4 is 28.7 Å². The van der Waals surface area contributed by atoms with E-state index in [1.807, 2.05) is 38.4 Å². The zero-order valence-corrected chi connectivity index (χ0v) is 15.8. The van der Waals surface area contributed by atoms with Gasteiger partial charge in [-0.25, -0.2) is 0 Å². The molecule has 0 amide bonds. The Morgan fingerprint density at radius 1 is 1.08 bits per heavy atom. The number of thiocarbonyl (C=S) groups is 1. The Balaban J connectivity index is 2.23. The van der Waals surface area contributed by atoms with Gasteiger partial charge in [0.1, 0.15) is 5.75 Å².